The molecule has 1 heterocycles. The Hall–Kier alpha value is -2.57. The number of imidazole rings is 1. The van der Waals surface area contributed by atoms with Gasteiger partial charge in [0.15, 0.2) is 0 Å². The van der Waals surface area contributed by atoms with Gasteiger partial charge in [0.1, 0.15) is 24.2 Å². The van der Waals surface area contributed by atoms with Crippen molar-refractivity contribution in [3.8, 4) is 11.8 Å². The number of aromatic nitrogens is 2. The molecular weight excluding hydrogens is 452 g/mol. The predicted molar refractivity (Wildman–Crippen MR) is 134 cm³/mol. The van der Waals surface area contributed by atoms with Crippen LogP contribution in [0.3, 0.4) is 0 Å². The highest BCUT2D eigenvalue weighted by Crippen LogP contribution is 2.33. The molecule has 34 heavy (non-hydrogen) atoms. The van der Waals surface area contributed by atoms with E-state index in [0.29, 0.717) is 36.4 Å². The Morgan fingerprint density at radius 1 is 1.15 bits per heavy atom. The summed E-state index contributed by atoms with van der Waals surface area (Å²) in [5, 5.41) is 0.532. The Labute approximate surface area is 206 Å². The quantitative estimate of drug-likeness (QED) is 0.346. The second-order valence-corrected chi connectivity index (χ2v) is 9.77. The minimum absolute atomic E-state index is 0.106. The number of rotatable bonds is 10. The van der Waals surface area contributed by atoms with Crippen LogP contribution >= 0.6 is 11.6 Å². The standard InChI is InChI=1S/C27H33ClN2O4/c1-18(13-19(2)31)16-32-21-9-11-22(12-10-21)34-27-29-24-14-23(28)26(15-25(24)30(27)3)33-17-20-7-5-4-6-8-20/h4-8,14-15,18,21-22H,9-13,16-17H2,1-3H3/t18-,21?,22?/m1/s1. The average molecular weight is 485 g/mol. The normalized spacial score (nSPS) is 19.2. The molecule has 1 saturated carbocycles. The molecule has 6 nitrogen and oxygen atoms in total. The van der Waals surface area contributed by atoms with Crippen molar-refractivity contribution in [2.45, 2.75) is 64.8 Å². The van der Waals surface area contributed by atoms with Gasteiger partial charge in [-0.2, -0.15) is 4.98 Å². The minimum atomic E-state index is 0.106. The van der Waals surface area contributed by atoms with E-state index in [4.69, 9.17) is 25.8 Å². The number of nitrogens with zero attached hydrogens (tertiary/aromatic N) is 2. The fourth-order valence-electron chi connectivity index (χ4n) is 4.44. The van der Waals surface area contributed by atoms with Crippen molar-refractivity contribution in [3.63, 3.8) is 0 Å². The van der Waals surface area contributed by atoms with Gasteiger partial charge in [0.2, 0.25) is 0 Å². The Morgan fingerprint density at radius 3 is 2.56 bits per heavy atom. The van der Waals surface area contributed by atoms with Gasteiger partial charge in [0, 0.05) is 26.1 Å². The summed E-state index contributed by atoms with van der Waals surface area (Å²) in [7, 11) is 1.95. The first-order valence-corrected chi connectivity index (χ1v) is 12.4. The lowest BCUT2D eigenvalue weighted by Gasteiger charge is -2.29. The van der Waals surface area contributed by atoms with Crippen LogP contribution in [0.2, 0.25) is 5.02 Å². The number of halogens is 1. The molecule has 0 spiro atoms. The van der Waals surface area contributed by atoms with E-state index in [2.05, 4.69) is 11.9 Å². The van der Waals surface area contributed by atoms with Crippen molar-refractivity contribution in [1.29, 1.82) is 0 Å². The number of carbonyl (C=O) groups excluding carboxylic acids is 1. The molecule has 0 amide bonds. The molecule has 1 aromatic heterocycles. The minimum Gasteiger partial charge on any atom is -0.487 e. The van der Waals surface area contributed by atoms with Crippen LogP contribution in [0.15, 0.2) is 42.5 Å². The highest BCUT2D eigenvalue weighted by molar-refractivity contribution is 6.32. The molecule has 1 aliphatic carbocycles. The maximum Gasteiger partial charge on any atom is 0.297 e. The number of benzene rings is 2. The summed E-state index contributed by atoms with van der Waals surface area (Å²) in [6, 6.07) is 14.3. The Morgan fingerprint density at radius 2 is 1.85 bits per heavy atom. The van der Waals surface area contributed by atoms with Gasteiger partial charge in [-0.25, -0.2) is 0 Å². The molecule has 3 aromatic rings. The Bertz CT molecular complexity index is 1110. The van der Waals surface area contributed by atoms with Crippen LogP contribution in [0, 0.1) is 5.92 Å². The molecule has 0 aliphatic heterocycles. The molecule has 0 unspecified atom stereocenters. The van der Waals surface area contributed by atoms with Gasteiger partial charge < -0.3 is 19.0 Å². The number of carbonyl (C=O) groups is 1. The van der Waals surface area contributed by atoms with Gasteiger partial charge >= 0.3 is 0 Å². The molecule has 0 N–H and O–H groups in total. The number of ketones is 1. The predicted octanol–water partition coefficient (Wildman–Crippen LogP) is 6.13. The summed E-state index contributed by atoms with van der Waals surface area (Å²) >= 11 is 6.47. The molecule has 1 fully saturated rings. The largest absolute Gasteiger partial charge is 0.487 e. The molecule has 2 aromatic carbocycles. The van der Waals surface area contributed by atoms with E-state index in [-0.39, 0.29) is 23.9 Å². The number of fused-ring (bicyclic) bond motifs is 1. The zero-order valence-corrected chi connectivity index (χ0v) is 20.9. The first-order chi connectivity index (χ1) is 16.4. The summed E-state index contributed by atoms with van der Waals surface area (Å²) in [6.45, 7) is 4.78. The summed E-state index contributed by atoms with van der Waals surface area (Å²) in [4.78, 5) is 15.9. The number of Topliss-reactive ketones (excluding diaryl/α,β-unsaturated/α-hetero) is 1. The van der Waals surface area contributed by atoms with Crippen molar-refractivity contribution >= 4 is 28.4 Å². The van der Waals surface area contributed by atoms with Crippen molar-refractivity contribution in [2.75, 3.05) is 6.61 Å². The third-order valence-electron chi connectivity index (χ3n) is 6.28. The molecule has 182 valence electrons. The highest BCUT2D eigenvalue weighted by Gasteiger charge is 2.25. The fraction of sp³-hybridized carbons (Fsp3) is 0.481. The summed E-state index contributed by atoms with van der Waals surface area (Å²) in [5.41, 5.74) is 2.78. The third kappa shape index (κ3) is 6.30. The summed E-state index contributed by atoms with van der Waals surface area (Å²) < 4.78 is 20.2. The lowest BCUT2D eigenvalue weighted by Crippen LogP contribution is -2.30. The van der Waals surface area contributed by atoms with Gasteiger partial charge in [0.25, 0.3) is 6.01 Å². The second-order valence-electron chi connectivity index (χ2n) is 9.36. The topological polar surface area (TPSA) is 62.6 Å². The molecule has 0 bridgehead atoms. The maximum atomic E-state index is 11.2. The van der Waals surface area contributed by atoms with Crippen molar-refractivity contribution in [3.05, 3.63) is 53.1 Å². The molecule has 1 aliphatic rings. The Balaban J connectivity index is 1.34. The summed E-state index contributed by atoms with van der Waals surface area (Å²) in [5.74, 6) is 1.11. The van der Waals surface area contributed by atoms with Crippen LogP contribution in [0.5, 0.6) is 11.8 Å². The van der Waals surface area contributed by atoms with Gasteiger partial charge in [-0.05, 0) is 50.2 Å². The molecule has 4 rings (SSSR count). The van der Waals surface area contributed by atoms with Gasteiger partial charge in [-0.3, -0.25) is 4.57 Å². The smallest absolute Gasteiger partial charge is 0.297 e. The lowest BCUT2D eigenvalue weighted by atomic mass is 9.95. The highest BCUT2D eigenvalue weighted by atomic mass is 35.5. The molecular formula is C27H33ClN2O4. The average Bonchev–Trinajstić information content (AvgIpc) is 3.11. The van der Waals surface area contributed by atoms with Crippen molar-refractivity contribution < 1.29 is 19.0 Å². The first-order valence-electron chi connectivity index (χ1n) is 12.0. The van der Waals surface area contributed by atoms with Crippen LogP contribution in [-0.4, -0.2) is 34.1 Å². The first kappa shape index (κ1) is 24.6. The molecule has 0 saturated heterocycles. The van der Waals surface area contributed by atoms with Crippen LogP contribution in [0.1, 0.15) is 51.5 Å². The maximum absolute atomic E-state index is 11.2. The van der Waals surface area contributed by atoms with E-state index in [1.165, 1.54) is 0 Å². The molecule has 1 atom stereocenters. The molecule has 0 radical (unpaired) electrons. The number of aryl methyl sites for hydroxylation is 1. The monoisotopic (exact) mass is 484 g/mol. The van der Waals surface area contributed by atoms with Crippen molar-refractivity contribution in [1.82, 2.24) is 9.55 Å². The molecule has 7 heteroatoms. The van der Waals surface area contributed by atoms with Crippen LogP contribution in [0.4, 0.5) is 0 Å². The third-order valence-corrected chi connectivity index (χ3v) is 6.57. The number of hydrogen-bond donors (Lipinski definition) is 0. The zero-order chi connectivity index (χ0) is 24.1. The van der Waals surface area contributed by atoms with Gasteiger partial charge in [-0.1, -0.05) is 48.9 Å². The van der Waals surface area contributed by atoms with E-state index < -0.39 is 0 Å². The number of hydrogen-bond acceptors (Lipinski definition) is 5. The van der Waals surface area contributed by atoms with Crippen LogP contribution in [0.25, 0.3) is 11.0 Å². The van der Waals surface area contributed by atoms with E-state index in [9.17, 15) is 4.79 Å². The van der Waals surface area contributed by atoms with Crippen LogP contribution in [-0.2, 0) is 23.2 Å². The Kier molecular flexibility index (Phi) is 8.11. The fourth-order valence-corrected chi connectivity index (χ4v) is 4.65. The zero-order valence-electron chi connectivity index (χ0n) is 20.1. The SMILES string of the molecule is CC(=O)C[C@@H](C)COC1CCC(Oc2nc3cc(Cl)c(OCc4ccccc4)cc3n2C)CC1. The van der Waals surface area contributed by atoms with Gasteiger partial charge in [0.05, 0.1) is 22.2 Å². The van der Waals surface area contributed by atoms with E-state index in [1.807, 2.05) is 54.1 Å². The summed E-state index contributed by atoms with van der Waals surface area (Å²) in [6.07, 6.45) is 4.65. The van der Waals surface area contributed by atoms with E-state index in [0.717, 1.165) is 42.3 Å². The van der Waals surface area contributed by atoms with Crippen LogP contribution < -0.4 is 9.47 Å². The second kappa shape index (κ2) is 11.2. The lowest BCUT2D eigenvalue weighted by molar-refractivity contribution is -0.118. The van der Waals surface area contributed by atoms with Crippen molar-refractivity contribution in [2.24, 2.45) is 13.0 Å². The van der Waals surface area contributed by atoms with E-state index in [1.54, 1.807) is 6.92 Å². The number of ether oxygens (including phenoxy) is 3. The van der Waals surface area contributed by atoms with E-state index >= 15 is 0 Å². The van der Waals surface area contributed by atoms with Gasteiger partial charge in [-0.15, -0.1) is 0 Å².